The largest absolute Gasteiger partial charge is 0.497 e. The van der Waals surface area contributed by atoms with Crippen LogP contribution < -0.4 is 20.5 Å². The van der Waals surface area contributed by atoms with Gasteiger partial charge in [-0.15, -0.1) is 0 Å². The van der Waals surface area contributed by atoms with Gasteiger partial charge in [0, 0.05) is 0 Å². The highest BCUT2D eigenvalue weighted by Gasteiger charge is 2.10. The van der Waals surface area contributed by atoms with Crippen LogP contribution in [0.3, 0.4) is 0 Å². The molecule has 7 nitrogen and oxygen atoms in total. The molecule has 0 spiro atoms. The minimum absolute atomic E-state index is 0.00742. The second-order valence-corrected chi connectivity index (χ2v) is 7.31. The van der Waals surface area contributed by atoms with Crippen molar-refractivity contribution in [3.05, 3.63) is 75.7 Å². The Morgan fingerprint density at radius 3 is 2.67 bits per heavy atom. The van der Waals surface area contributed by atoms with E-state index in [0.717, 1.165) is 11.3 Å². The number of anilines is 1. The second kappa shape index (κ2) is 9.93. The van der Waals surface area contributed by atoms with E-state index in [1.54, 1.807) is 37.6 Å². The zero-order valence-electron chi connectivity index (χ0n) is 17.0. The van der Waals surface area contributed by atoms with E-state index in [1.165, 1.54) is 10.9 Å². The van der Waals surface area contributed by atoms with Crippen molar-refractivity contribution in [1.82, 2.24) is 9.78 Å². The smallest absolute Gasteiger partial charge is 0.292 e. The van der Waals surface area contributed by atoms with E-state index in [1.807, 2.05) is 24.3 Å². The van der Waals surface area contributed by atoms with Crippen LogP contribution in [0, 0.1) is 5.92 Å². The van der Waals surface area contributed by atoms with Gasteiger partial charge in [0.1, 0.15) is 22.2 Å². The number of aromatic nitrogens is 2. The van der Waals surface area contributed by atoms with Crippen LogP contribution in [-0.4, -0.2) is 29.7 Å². The lowest BCUT2D eigenvalue weighted by Gasteiger charge is -2.09. The first-order valence-corrected chi connectivity index (χ1v) is 9.80. The standard InChI is InChI=1S/C22H23ClN4O3/c1-15(2)14-30-19-6-4-5-16(11-19)12-24-26-20-13-25-27(22(28)21(20)23)17-7-9-18(29-3)10-8-17/h4-13,15,26H,14H2,1-3H3/b24-12-. The Morgan fingerprint density at radius 1 is 1.20 bits per heavy atom. The fraction of sp³-hybridized carbons (Fsp3) is 0.227. The van der Waals surface area contributed by atoms with E-state index in [2.05, 4.69) is 29.5 Å². The van der Waals surface area contributed by atoms with Gasteiger partial charge in [0.05, 0.1) is 31.8 Å². The Bertz CT molecular complexity index is 1080. The molecule has 8 heteroatoms. The number of methoxy groups -OCH3 is 1. The topological polar surface area (TPSA) is 77.7 Å². The molecule has 0 amide bonds. The molecule has 0 bridgehead atoms. The molecular weight excluding hydrogens is 404 g/mol. The van der Waals surface area contributed by atoms with Crippen LogP contribution in [0.1, 0.15) is 19.4 Å². The lowest BCUT2D eigenvalue weighted by molar-refractivity contribution is 0.271. The molecule has 1 aromatic heterocycles. The van der Waals surface area contributed by atoms with E-state index in [9.17, 15) is 4.79 Å². The number of hydrazone groups is 1. The van der Waals surface area contributed by atoms with Gasteiger partial charge in [0.25, 0.3) is 5.56 Å². The molecule has 2 aromatic carbocycles. The molecule has 0 radical (unpaired) electrons. The Labute approximate surface area is 179 Å². The van der Waals surface area contributed by atoms with Gasteiger partial charge < -0.3 is 9.47 Å². The summed E-state index contributed by atoms with van der Waals surface area (Å²) in [6.07, 6.45) is 3.07. The summed E-state index contributed by atoms with van der Waals surface area (Å²) >= 11 is 6.23. The zero-order valence-corrected chi connectivity index (χ0v) is 17.8. The average Bonchev–Trinajstić information content (AvgIpc) is 2.76. The molecule has 0 aliphatic carbocycles. The number of hydrogen-bond donors (Lipinski definition) is 1. The third kappa shape index (κ3) is 5.39. The van der Waals surface area contributed by atoms with Crippen LogP contribution in [0.25, 0.3) is 5.69 Å². The highest BCUT2D eigenvalue weighted by atomic mass is 35.5. The number of halogens is 1. The summed E-state index contributed by atoms with van der Waals surface area (Å²) in [5.41, 5.74) is 4.06. The zero-order chi connectivity index (χ0) is 21.5. The molecule has 3 aromatic rings. The Balaban J connectivity index is 1.72. The SMILES string of the molecule is COc1ccc(-n2ncc(N/N=C\c3cccc(OCC(C)C)c3)c(Cl)c2=O)cc1. The van der Waals surface area contributed by atoms with Crippen LogP contribution >= 0.6 is 11.6 Å². The lowest BCUT2D eigenvalue weighted by atomic mass is 10.2. The molecule has 1 N–H and O–H groups in total. The Hall–Kier alpha value is -3.32. The van der Waals surface area contributed by atoms with Gasteiger partial charge in [-0.3, -0.25) is 10.2 Å². The molecule has 0 saturated carbocycles. The molecule has 0 unspecified atom stereocenters. The minimum atomic E-state index is -0.453. The molecule has 0 fully saturated rings. The van der Waals surface area contributed by atoms with Crippen molar-refractivity contribution in [2.45, 2.75) is 13.8 Å². The number of hydrogen-bond acceptors (Lipinski definition) is 6. The maximum Gasteiger partial charge on any atom is 0.292 e. The molecule has 0 aliphatic rings. The van der Waals surface area contributed by atoms with Crippen LogP contribution in [0.5, 0.6) is 11.5 Å². The first kappa shape index (κ1) is 21.4. The Kier molecular flexibility index (Phi) is 7.08. The first-order valence-electron chi connectivity index (χ1n) is 9.42. The highest BCUT2D eigenvalue weighted by molar-refractivity contribution is 6.32. The lowest BCUT2D eigenvalue weighted by Crippen LogP contribution is -2.22. The minimum Gasteiger partial charge on any atom is -0.497 e. The third-order valence-electron chi connectivity index (χ3n) is 4.08. The average molecular weight is 427 g/mol. The van der Waals surface area contributed by atoms with Crippen molar-refractivity contribution in [3.8, 4) is 17.2 Å². The van der Waals surface area contributed by atoms with Gasteiger partial charge in [-0.25, -0.2) is 0 Å². The van der Waals surface area contributed by atoms with E-state index < -0.39 is 5.56 Å². The monoisotopic (exact) mass is 426 g/mol. The van der Waals surface area contributed by atoms with Gasteiger partial charge in [-0.1, -0.05) is 37.6 Å². The third-order valence-corrected chi connectivity index (χ3v) is 4.44. The molecule has 3 rings (SSSR count). The van der Waals surface area contributed by atoms with Gasteiger partial charge in [-0.2, -0.15) is 14.9 Å². The molecule has 0 saturated heterocycles. The number of nitrogens with zero attached hydrogens (tertiary/aromatic N) is 3. The van der Waals surface area contributed by atoms with Crippen LogP contribution in [0.4, 0.5) is 5.69 Å². The van der Waals surface area contributed by atoms with Crippen LogP contribution in [0.2, 0.25) is 5.02 Å². The van der Waals surface area contributed by atoms with Gasteiger partial charge in [-0.05, 0) is 47.9 Å². The number of benzene rings is 2. The van der Waals surface area contributed by atoms with Crippen LogP contribution in [0.15, 0.2) is 64.6 Å². The number of rotatable bonds is 8. The van der Waals surface area contributed by atoms with Crippen molar-refractivity contribution in [2.75, 3.05) is 19.1 Å². The molecule has 0 atom stereocenters. The van der Waals surface area contributed by atoms with E-state index >= 15 is 0 Å². The van der Waals surface area contributed by atoms with E-state index in [-0.39, 0.29) is 5.02 Å². The van der Waals surface area contributed by atoms with Crippen LogP contribution in [-0.2, 0) is 0 Å². The summed E-state index contributed by atoms with van der Waals surface area (Å²) in [5, 5.41) is 8.32. The maximum absolute atomic E-state index is 12.6. The summed E-state index contributed by atoms with van der Waals surface area (Å²) in [7, 11) is 1.58. The predicted molar refractivity (Wildman–Crippen MR) is 119 cm³/mol. The summed E-state index contributed by atoms with van der Waals surface area (Å²) in [6.45, 7) is 4.83. The van der Waals surface area contributed by atoms with Crippen molar-refractivity contribution in [1.29, 1.82) is 0 Å². The van der Waals surface area contributed by atoms with Gasteiger partial charge in [0.15, 0.2) is 0 Å². The predicted octanol–water partition coefficient (Wildman–Crippen LogP) is 4.38. The maximum atomic E-state index is 12.6. The molecule has 0 aliphatic heterocycles. The van der Waals surface area contributed by atoms with Gasteiger partial charge >= 0.3 is 0 Å². The van der Waals surface area contributed by atoms with Crippen molar-refractivity contribution >= 4 is 23.5 Å². The Morgan fingerprint density at radius 2 is 1.97 bits per heavy atom. The summed E-state index contributed by atoms with van der Waals surface area (Å²) in [5.74, 6) is 1.90. The fourth-order valence-electron chi connectivity index (χ4n) is 2.54. The van der Waals surface area contributed by atoms with Crippen molar-refractivity contribution in [3.63, 3.8) is 0 Å². The highest BCUT2D eigenvalue weighted by Crippen LogP contribution is 2.18. The van der Waals surface area contributed by atoms with E-state index in [4.69, 9.17) is 21.1 Å². The normalized spacial score (nSPS) is 11.1. The summed E-state index contributed by atoms with van der Waals surface area (Å²) < 4.78 is 12.0. The molecular formula is C22H23ClN4O3. The second-order valence-electron chi connectivity index (χ2n) is 6.93. The van der Waals surface area contributed by atoms with Crippen molar-refractivity contribution in [2.24, 2.45) is 11.0 Å². The van der Waals surface area contributed by atoms with Gasteiger partial charge in [0.2, 0.25) is 0 Å². The quantitative estimate of drug-likeness (QED) is 0.427. The molecule has 1 heterocycles. The number of nitrogens with one attached hydrogen (secondary N) is 1. The summed E-state index contributed by atoms with van der Waals surface area (Å²) in [6, 6.07) is 14.5. The molecule has 156 valence electrons. The fourth-order valence-corrected chi connectivity index (χ4v) is 2.71. The molecule has 30 heavy (non-hydrogen) atoms. The first-order chi connectivity index (χ1) is 14.5. The van der Waals surface area contributed by atoms with Crippen molar-refractivity contribution < 1.29 is 9.47 Å². The van der Waals surface area contributed by atoms with E-state index in [0.29, 0.717) is 29.6 Å². The number of ether oxygens (including phenoxy) is 2. The summed E-state index contributed by atoms with van der Waals surface area (Å²) in [4.78, 5) is 12.6.